The molecule has 0 aromatic carbocycles. The summed E-state index contributed by atoms with van der Waals surface area (Å²) in [7, 11) is 1.99. The lowest BCUT2D eigenvalue weighted by Gasteiger charge is -2.19. The van der Waals surface area contributed by atoms with E-state index < -0.39 is 0 Å². The van der Waals surface area contributed by atoms with Crippen LogP contribution < -0.4 is 5.32 Å². The van der Waals surface area contributed by atoms with Crippen molar-refractivity contribution in [3.8, 4) is 0 Å². The number of hydrogen-bond acceptors (Lipinski definition) is 2. The largest absolute Gasteiger partial charge is 0.318 e. The Kier molecular flexibility index (Phi) is 8.51. The van der Waals surface area contributed by atoms with Crippen LogP contribution in [0.15, 0.2) is 12.7 Å². The van der Waals surface area contributed by atoms with Crippen molar-refractivity contribution in [1.82, 2.24) is 10.2 Å². The number of rotatable bonds is 8. The smallest absolute Gasteiger partial charge is 0.0161 e. The molecule has 0 heterocycles. The monoisotopic (exact) mass is 170 g/mol. The van der Waals surface area contributed by atoms with E-state index in [2.05, 4.69) is 23.7 Å². The molecule has 0 atom stereocenters. The predicted octanol–water partition coefficient (Wildman–Crippen LogP) is 1.49. The molecule has 0 radical (unpaired) electrons. The third-order valence-corrected chi connectivity index (χ3v) is 1.89. The summed E-state index contributed by atoms with van der Waals surface area (Å²) in [5.74, 6) is 0. The molecule has 0 aliphatic carbocycles. The minimum Gasteiger partial charge on any atom is -0.318 e. The van der Waals surface area contributed by atoms with Crippen molar-refractivity contribution in [1.29, 1.82) is 0 Å². The van der Waals surface area contributed by atoms with Gasteiger partial charge in [-0.25, -0.2) is 0 Å². The molecule has 2 nitrogen and oxygen atoms in total. The van der Waals surface area contributed by atoms with Gasteiger partial charge >= 0.3 is 0 Å². The van der Waals surface area contributed by atoms with Gasteiger partial charge in [0, 0.05) is 19.6 Å². The molecule has 0 aliphatic rings. The van der Waals surface area contributed by atoms with Crippen LogP contribution in [0, 0.1) is 0 Å². The lowest BCUT2D eigenvalue weighted by Crippen LogP contribution is -2.31. The molecule has 0 rings (SSSR count). The maximum atomic E-state index is 3.75. The van der Waals surface area contributed by atoms with E-state index in [-0.39, 0.29) is 0 Å². The standard InChI is InChI=1S/C10H22N2/c1-4-6-9-12(8-5-2)10-7-11-3/h5,11H,2,4,6-10H2,1,3H3. The third-order valence-electron chi connectivity index (χ3n) is 1.89. The van der Waals surface area contributed by atoms with Crippen molar-refractivity contribution < 1.29 is 0 Å². The van der Waals surface area contributed by atoms with Crippen molar-refractivity contribution in [2.24, 2.45) is 0 Å². The van der Waals surface area contributed by atoms with E-state index >= 15 is 0 Å². The summed E-state index contributed by atoms with van der Waals surface area (Å²) in [5, 5.41) is 3.16. The van der Waals surface area contributed by atoms with Crippen molar-refractivity contribution in [2.75, 3.05) is 33.2 Å². The van der Waals surface area contributed by atoms with Gasteiger partial charge in [-0.2, -0.15) is 0 Å². The SMILES string of the molecule is C=CCN(CCCC)CCNC. The summed E-state index contributed by atoms with van der Waals surface area (Å²) in [6, 6.07) is 0. The summed E-state index contributed by atoms with van der Waals surface area (Å²) in [6.45, 7) is 10.4. The van der Waals surface area contributed by atoms with E-state index in [0.29, 0.717) is 0 Å². The Bertz CT molecular complexity index is 94.0. The summed E-state index contributed by atoms with van der Waals surface area (Å²) in [4.78, 5) is 2.42. The van der Waals surface area contributed by atoms with E-state index in [1.165, 1.54) is 19.4 Å². The van der Waals surface area contributed by atoms with Gasteiger partial charge in [0.25, 0.3) is 0 Å². The number of likely N-dealkylation sites (N-methyl/N-ethyl adjacent to an activating group) is 1. The Morgan fingerprint density at radius 1 is 1.42 bits per heavy atom. The Morgan fingerprint density at radius 3 is 2.67 bits per heavy atom. The lowest BCUT2D eigenvalue weighted by atomic mass is 10.3. The fourth-order valence-electron chi connectivity index (χ4n) is 1.13. The molecule has 72 valence electrons. The zero-order chi connectivity index (χ0) is 9.23. The zero-order valence-corrected chi connectivity index (χ0v) is 8.47. The number of unbranched alkanes of at least 4 members (excludes halogenated alkanes) is 1. The van der Waals surface area contributed by atoms with Crippen LogP contribution in [0.4, 0.5) is 0 Å². The first-order chi connectivity index (χ1) is 5.85. The van der Waals surface area contributed by atoms with Gasteiger partial charge in [-0.1, -0.05) is 19.4 Å². The highest BCUT2D eigenvalue weighted by Gasteiger charge is 1.99. The van der Waals surface area contributed by atoms with Gasteiger partial charge in [0.1, 0.15) is 0 Å². The minimum atomic E-state index is 1.02. The first-order valence-electron chi connectivity index (χ1n) is 4.83. The Labute approximate surface area is 76.6 Å². The van der Waals surface area contributed by atoms with Crippen LogP contribution in [-0.4, -0.2) is 38.1 Å². The average molecular weight is 170 g/mol. The molecule has 1 N–H and O–H groups in total. The molecule has 0 bridgehead atoms. The molecule has 0 aliphatic heterocycles. The Hall–Kier alpha value is -0.340. The second kappa shape index (κ2) is 8.75. The maximum absolute atomic E-state index is 3.75. The second-order valence-electron chi connectivity index (χ2n) is 3.05. The Balaban J connectivity index is 3.46. The highest BCUT2D eigenvalue weighted by Crippen LogP contribution is 1.93. The van der Waals surface area contributed by atoms with Crippen LogP contribution >= 0.6 is 0 Å². The van der Waals surface area contributed by atoms with E-state index in [4.69, 9.17) is 0 Å². The van der Waals surface area contributed by atoms with E-state index in [9.17, 15) is 0 Å². The molecule has 0 amide bonds. The maximum Gasteiger partial charge on any atom is 0.0161 e. The Morgan fingerprint density at radius 2 is 2.17 bits per heavy atom. The average Bonchev–Trinajstić information content (AvgIpc) is 2.10. The van der Waals surface area contributed by atoms with Gasteiger partial charge in [-0.3, -0.25) is 4.90 Å². The molecular weight excluding hydrogens is 148 g/mol. The molecule has 0 saturated carbocycles. The molecule has 0 aromatic heterocycles. The van der Waals surface area contributed by atoms with Crippen LogP contribution in [0.1, 0.15) is 19.8 Å². The first-order valence-corrected chi connectivity index (χ1v) is 4.83. The van der Waals surface area contributed by atoms with Crippen molar-refractivity contribution >= 4 is 0 Å². The van der Waals surface area contributed by atoms with Crippen LogP contribution in [0.25, 0.3) is 0 Å². The van der Waals surface area contributed by atoms with E-state index in [1.807, 2.05) is 13.1 Å². The fraction of sp³-hybridized carbons (Fsp3) is 0.800. The van der Waals surface area contributed by atoms with Gasteiger partial charge in [0.2, 0.25) is 0 Å². The molecule has 0 fully saturated rings. The fourth-order valence-corrected chi connectivity index (χ4v) is 1.13. The highest BCUT2D eigenvalue weighted by atomic mass is 15.1. The molecule has 2 heteroatoms. The van der Waals surface area contributed by atoms with E-state index in [1.54, 1.807) is 0 Å². The normalized spacial score (nSPS) is 10.6. The summed E-state index contributed by atoms with van der Waals surface area (Å²) < 4.78 is 0. The zero-order valence-electron chi connectivity index (χ0n) is 8.47. The second-order valence-corrected chi connectivity index (χ2v) is 3.05. The summed E-state index contributed by atoms with van der Waals surface area (Å²) >= 11 is 0. The third kappa shape index (κ3) is 6.38. The molecular formula is C10H22N2. The summed E-state index contributed by atoms with van der Waals surface area (Å²) in [5.41, 5.74) is 0. The van der Waals surface area contributed by atoms with Gasteiger partial charge in [0.05, 0.1) is 0 Å². The van der Waals surface area contributed by atoms with E-state index in [0.717, 1.165) is 19.6 Å². The summed E-state index contributed by atoms with van der Waals surface area (Å²) in [6.07, 6.45) is 4.54. The van der Waals surface area contributed by atoms with Crippen LogP contribution in [-0.2, 0) is 0 Å². The molecule has 0 saturated heterocycles. The van der Waals surface area contributed by atoms with Gasteiger partial charge in [-0.05, 0) is 20.0 Å². The van der Waals surface area contributed by atoms with Crippen LogP contribution in [0.5, 0.6) is 0 Å². The van der Waals surface area contributed by atoms with Gasteiger partial charge in [0.15, 0.2) is 0 Å². The lowest BCUT2D eigenvalue weighted by molar-refractivity contribution is 0.299. The minimum absolute atomic E-state index is 1.02. The topological polar surface area (TPSA) is 15.3 Å². The number of nitrogens with one attached hydrogen (secondary N) is 1. The van der Waals surface area contributed by atoms with Crippen molar-refractivity contribution in [3.63, 3.8) is 0 Å². The number of nitrogens with zero attached hydrogens (tertiary/aromatic N) is 1. The molecule has 0 unspecified atom stereocenters. The van der Waals surface area contributed by atoms with Crippen LogP contribution in [0.3, 0.4) is 0 Å². The predicted molar refractivity (Wildman–Crippen MR) is 55.5 cm³/mol. The van der Waals surface area contributed by atoms with Gasteiger partial charge < -0.3 is 5.32 Å². The molecule has 0 aromatic rings. The number of hydrogen-bond donors (Lipinski definition) is 1. The first kappa shape index (κ1) is 11.7. The van der Waals surface area contributed by atoms with Crippen LogP contribution in [0.2, 0.25) is 0 Å². The van der Waals surface area contributed by atoms with Crippen molar-refractivity contribution in [3.05, 3.63) is 12.7 Å². The molecule has 12 heavy (non-hydrogen) atoms. The van der Waals surface area contributed by atoms with Gasteiger partial charge in [-0.15, -0.1) is 6.58 Å². The molecule has 0 spiro atoms. The quantitative estimate of drug-likeness (QED) is 0.555. The van der Waals surface area contributed by atoms with Crippen molar-refractivity contribution in [2.45, 2.75) is 19.8 Å². The highest BCUT2D eigenvalue weighted by molar-refractivity contribution is 4.73.